The SMILES string of the molecule is CC(C)(C)OC(=O)N[C@@H](Cc1ccc(Nc2nccc3cnccc23)cc1)C(=O)O. The molecule has 3 rings (SSSR count). The zero-order chi connectivity index (χ0) is 21.7. The molecule has 2 heterocycles. The minimum atomic E-state index is -1.13. The van der Waals surface area contributed by atoms with Crippen LogP contribution in [0.25, 0.3) is 10.8 Å². The monoisotopic (exact) mass is 408 g/mol. The smallest absolute Gasteiger partial charge is 0.408 e. The molecule has 3 aromatic rings. The zero-order valence-electron chi connectivity index (χ0n) is 17.0. The molecule has 8 nitrogen and oxygen atoms in total. The number of rotatable bonds is 6. The van der Waals surface area contributed by atoms with E-state index in [1.54, 1.807) is 39.4 Å². The molecule has 0 unspecified atom stereocenters. The van der Waals surface area contributed by atoms with E-state index in [1.165, 1.54) is 0 Å². The average molecular weight is 408 g/mol. The van der Waals surface area contributed by atoms with Crippen molar-refractivity contribution >= 4 is 34.3 Å². The van der Waals surface area contributed by atoms with Gasteiger partial charge in [-0.15, -0.1) is 0 Å². The van der Waals surface area contributed by atoms with Gasteiger partial charge in [-0.1, -0.05) is 12.1 Å². The third kappa shape index (κ3) is 5.66. The molecule has 8 heteroatoms. The number of anilines is 2. The number of aliphatic carboxylic acids is 1. The summed E-state index contributed by atoms with van der Waals surface area (Å²) in [4.78, 5) is 31.9. The molecule has 0 radical (unpaired) electrons. The highest BCUT2D eigenvalue weighted by Crippen LogP contribution is 2.23. The molecule has 30 heavy (non-hydrogen) atoms. The fraction of sp³-hybridized carbons (Fsp3) is 0.273. The van der Waals surface area contributed by atoms with E-state index in [-0.39, 0.29) is 6.42 Å². The Labute approximate surface area is 174 Å². The molecule has 3 N–H and O–H groups in total. The Balaban J connectivity index is 1.68. The second kappa shape index (κ2) is 8.77. The molecule has 0 saturated heterocycles. The van der Waals surface area contributed by atoms with E-state index in [1.807, 2.05) is 36.4 Å². The Morgan fingerprint density at radius 2 is 1.83 bits per heavy atom. The first-order valence-corrected chi connectivity index (χ1v) is 9.48. The third-order valence-corrected chi connectivity index (χ3v) is 4.21. The highest BCUT2D eigenvalue weighted by Gasteiger charge is 2.24. The number of hydrogen-bond donors (Lipinski definition) is 3. The molecule has 156 valence electrons. The van der Waals surface area contributed by atoms with Gasteiger partial charge in [0.25, 0.3) is 0 Å². The van der Waals surface area contributed by atoms with Crippen molar-refractivity contribution < 1.29 is 19.4 Å². The summed E-state index contributed by atoms with van der Waals surface area (Å²) >= 11 is 0. The molecule has 0 aliphatic carbocycles. The van der Waals surface area contributed by atoms with Gasteiger partial charge in [-0.3, -0.25) is 4.98 Å². The number of benzene rings is 1. The van der Waals surface area contributed by atoms with Gasteiger partial charge >= 0.3 is 12.1 Å². The van der Waals surface area contributed by atoms with E-state index in [0.717, 1.165) is 22.0 Å². The summed E-state index contributed by atoms with van der Waals surface area (Å²) in [6.07, 6.45) is 4.56. The Hall–Kier alpha value is -3.68. The van der Waals surface area contributed by atoms with Crippen LogP contribution in [-0.2, 0) is 16.0 Å². The van der Waals surface area contributed by atoms with Gasteiger partial charge in [-0.2, -0.15) is 0 Å². The lowest BCUT2D eigenvalue weighted by atomic mass is 10.1. The van der Waals surface area contributed by atoms with Crippen LogP contribution in [0.2, 0.25) is 0 Å². The first-order valence-electron chi connectivity index (χ1n) is 9.48. The predicted octanol–water partition coefficient (Wildman–Crippen LogP) is 3.89. The molecule has 1 atom stereocenters. The second-order valence-electron chi connectivity index (χ2n) is 7.82. The first-order chi connectivity index (χ1) is 14.2. The molecular formula is C22H24N4O4. The molecule has 0 spiro atoms. The summed E-state index contributed by atoms with van der Waals surface area (Å²) in [5, 5.41) is 17.0. The van der Waals surface area contributed by atoms with E-state index in [2.05, 4.69) is 20.6 Å². The van der Waals surface area contributed by atoms with Gasteiger partial charge in [0.1, 0.15) is 17.5 Å². The van der Waals surface area contributed by atoms with Crippen LogP contribution in [0.4, 0.5) is 16.3 Å². The number of pyridine rings is 2. The van der Waals surface area contributed by atoms with Gasteiger partial charge in [-0.05, 0) is 50.6 Å². The van der Waals surface area contributed by atoms with Gasteiger partial charge in [0.2, 0.25) is 0 Å². The molecule has 0 aliphatic heterocycles. The van der Waals surface area contributed by atoms with Crippen molar-refractivity contribution in [1.82, 2.24) is 15.3 Å². The lowest BCUT2D eigenvalue weighted by Gasteiger charge is -2.22. The second-order valence-corrected chi connectivity index (χ2v) is 7.82. The van der Waals surface area contributed by atoms with Gasteiger partial charge in [0.15, 0.2) is 0 Å². The summed E-state index contributed by atoms with van der Waals surface area (Å²) in [7, 11) is 0. The number of carbonyl (C=O) groups is 2. The van der Waals surface area contributed by atoms with Crippen molar-refractivity contribution in [2.75, 3.05) is 5.32 Å². The number of hydrogen-bond acceptors (Lipinski definition) is 6. The maximum atomic E-state index is 11.9. The van der Waals surface area contributed by atoms with E-state index in [4.69, 9.17) is 4.74 Å². The van der Waals surface area contributed by atoms with Crippen molar-refractivity contribution in [1.29, 1.82) is 0 Å². The van der Waals surface area contributed by atoms with E-state index in [9.17, 15) is 14.7 Å². The highest BCUT2D eigenvalue weighted by molar-refractivity contribution is 5.92. The molecule has 1 aromatic carbocycles. The number of carboxylic acids is 1. The number of alkyl carbamates (subject to hydrolysis) is 1. The average Bonchev–Trinajstić information content (AvgIpc) is 2.67. The molecule has 0 saturated carbocycles. The Bertz CT molecular complexity index is 1040. The van der Waals surface area contributed by atoms with Crippen LogP contribution in [0.15, 0.2) is 55.0 Å². The van der Waals surface area contributed by atoms with E-state index < -0.39 is 23.7 Å². The van der Waals surface area contributed by atoms with Crippen LogP contribution in [-0.4, -0.2) is 38.8 Å². The molecule has 2 aromatic heterocycles. The number of ether oxygens (including phenoxy) is 1. The number of nitrogens with zero attached hydrogens (tertiary/aromatic N) is 2. The quantitative estimate of drug-likeness (QED) is 0.567. The molecule has 0 bridgehead atoms. The number of fused-ring (bicyclic) bond motifs is 1. The number of carboxylic acid groups (broad SMARTS) is 1. The summed E-state index contributed by atoms with van der Waals surface area (Å²) in [6.45, 7) is 5.15. The third-order valence-electron chi connectivity index (χ3n) is 4.21. The number of amides is 1. The number of carbonyl (C=O) groups excluding carboxylic acids is 1. The van der Waals surface area contributed by atoms with Crippen LogP contribution < -0.4 is 10.6 Å². The maximum Gasteiger partial charge on any atom is 0.408 e. The van der Waals surface area contributed by atoms with Crippen molar-refractivity contribution in [2.45, 2.75) is 38.8 Å². The number of aromatic nitrogens is 2. The first kappa shape index (κ1) is 21.0. The predicted molar refractivity (Wildman–Crippen MR) is 114 cm³/mol. The van der Waals surface area contributed by atoms with Crippen LogP contribution in [0.1, 0.15) is 26.3 Å². The number of nitrogens with one attached hydrogen (secondary N) is 2. The van der Waals surface area contributed by atoms with Crippen LogP contribution in [0, 0.1) is 0 Å². The van der Waals surface area contributed by atoms with Crippen LogP contribution in [0.5, 0.6) is 0 Å². The highest BCUT2D eigenvalue weighted by atomic mass is 16.6. The van der Waals surface area contributed by atoms with E-state index in [0.29, 0.717) is 5.82 Å². The lowest BCUT2D eigenvalue weighted by Crippen LogP contribution is -2.44. The maximum absolute atomic E-state index is 11.9. The topological polar surface area (TPSA) is 113 Å². The standard InChI is InChI=1S/C22H24N4O4/c1-22(2,3)30-21(29)26-18(20(27)28)12-14-4-6-16(7-5-14)25-19-17-9-10-23-13-15(17)8-11-24-19/h4-11,13,18H,12H2,1-3H3,(H,24,25)(H,26,29)(H,27,28)/t18-/m0/s1. The fourth-order valence-electron chi connectivity index (χ4n) is 2.86. The molecular weight excluding hydrogens is 384 g/mol. The fourth-order valence-corrected chi connectivity index (χ4v) is 2.86. The van der Waals surface area contributed by atoms with Crippen LogP contribution in [0.3, 0.4) is 0 Å². The van der Waals surface area contributed by atoms with Crippen molar-refractivity contribution in [3.05, 3.63) is 60.6 Å². The van der Waals surface area contributed by atoms with E-state index >= 15 is 0 Å². The Kier molecular flexibility index (Phi) is 6.15. The van der Waals surface area contributed by atoms with Gasteiger partial charge in [0.05, 0.1) is 0 Å². The largest absolute Gasteiger partial charge is 0.480 e. The minimum Gasteiger partial charge on any atom is -0.480 e. The van der Waals surface area contributed by atoms with Gasteiger partial charge in [-0.25, -0.2) is 14.6 Å². The molecule has 0 aliphatic rings. The molecule has 1 amide bonds. The summed E-state index contributed by atoms with van der Waals surface area (Å²) < 4.78 is 5.14. The Morgan fingerprint density at radius 3 is 2.50 bits per heavy atom. The van der Waals surface area contributed by atoms with Gasteiger partial charge < -0.3 is 20.5 Å². The minimum absolute atomic E-state index is 0.132. The lowest BCUT2D eigenvalue weighted by molar-refractivity contribution is -0.139. The van der Waals surface area contributed by atoms with Gasteiger partial charge in [0, 0.05) is 41.5 Å². The van der Waals surface area contributed by atoms with Crippen molar-refractivity contribution in [2.24, 2.45) is 0 Å². The molecule has 0 fully saturated rings. The van der Waals surface area contributed by atoms with Crippen LogP contribution >= 0.6 is 0 Å². The zero-order valence-corrected chi connectivity index (χ0v) is 17.0. The summed E-state index contributed by atoms with van der Waals surface area (Å²) in [5.74, 6) is -0.422. The van der Waals surface area contributed by atoms with Crippen molar-refractivity contribution in [3.63, 3.8) is 0 Å². The summed E-state index contributed by atoms with van der Waals surface area (Å²) in [6, 6.07) is 9.97. The Morgan fingerprint density at radius 1 is 1.10 bits per heavy atom. The van der Waals surface area contributed by atoms with Crippen molar-refractivity contribution in [3.8, 4) is 0 Å². The summed E-state index contributed by atoms with van der Waals surface area (Å²) in [5.41, 5.74) is 0.869. The normalized spacial score (nSPS) is 12.2.